The van der Waals surface area contributed by atoms with Crippen molar-refractivity contribution < 1.29 is 14.7 Å². The number of carbonyl (C=O) groups is 2. The van der Waals surface area contributed by atoms with E-state index >= 15 is 0 Å². The number of nitrogens with one attached hydrogen (secondary N) is 1. The van der Waals surface area contributed by atoms with Crippen LogP contribution in [0.3, 0.4) is 0 Å². The van der Waals surface area contributed by atoms with Gasteiger partial charge in [0.2, 0.25) is 5.91 Å². The van der Waals surface area contributed by atoms with Crippen molar-refractivity contribution >= 4 is 11.9 Å². The van der Waals surface area contributed by atoms with Crippen LogP contribution in [0.1, 0.15) is 26.7 Å². The SMILES string of the molecule is CCN(C(=O)CCNC)C(C)CC(=O)O. The van der Waals surface area contributed by atoms with Crippen LogP contribution in [0.2, 0.25) is 0 Å². The molecule has 2 N–H and O–H groups in total. The number of hydrogen-bond acceptors (Lipinski definition) is 3. The van der Waals surface area contributed by atoms with Crippen molar-refractivity contribution in [1.82, 2.24) is 10.2 Å². The van der Waals surface area contributed by atoms with E-state index in [0.717, 1.165) is 0 Å². The summed E-state index contributed by atoms with van der Waals surface area (Å²) in [5.41, 5.74) is 0. The van der Waals surface area contributed by atoms with Crippen LogP contribution in [0, 0.1) is 0 Å². The van der Waals surface area contributed by atoms with Gasteiger partial charge in [0.25, 0.3) is 0 Å². The summed E-state index contributed by atoms with van der Waals surface area (Å²) in [4.78, 5) is 23.8. The molecule has 0 aliphatic rings. The average Bonchev–Trinajstić information content (AvgIpc) is 2.14. The Labute approximate surface area is 90.5 Å². The molecule has 15 heavy (non-hydrogen) atoms. The molecule has 88 valence electrons. The molecule has 0 saturated heterocycles. The summed E-state index contributed by atoms with van der Waals surface area (Å²) in [6, 6.07) is -0.239. The highest BCUT2D eigenvalue weighted by atomic mass is 16.4. The Bertz CT molecular complexity index is 219. The smallest absolute Gasteiger partial charge is 0.305 e. The Morgan fingerprint density at radius 3 is 2.47 bits per heavy atom. The zero-order valence-corrected chi connectivity index (χ0v) is 9.62. The van der Waals surface area contributed by atoms with Gasteiger partial charge >= 0.3 is 5.97 Å². The van der Waals surface area contributed by atoms with E-state index in [1.165, 1.54) is 0 Å². The maximum Gasteiger partial charge on any atom is 0.305 e. The van der Waals surface area contributed by atoms with Crippen molar-refractivity contribution in [2.45, 2.75) is 32.7 Å². The van der Waals surface area contributed by atoms with E-state index in [1.807, 2.05) is 6.92 Å². The first-order chi connectivity index (χ1) is 7.02. The number of carboxylic acids is 1. The fourth-order valence-electron chi connectivity index (χ4n) is 1.47. The monoisotopic (exact) mass is 216 g/mol. The molecule has 0 aliphatic heterocycles. The molecular weight excluding hydrogens is 196 g/mol. The van der Waals surface area contributed by atoms with Crippen LogP contribution >= 0.6 is 0 Å². The molecule has 0 radical (unpaired) electrons. The van der Waals surface area contributed by atoms with Crippen LogP contribution in [0.4, 0.5) is 0 Å². The quantitative estimate of drug-likeness (QED) is 0.642. The largest absolute Gasteiger partial charge is 0.481 e. The molecule has 0 aromatic rings. The Morgan fingerprint density at radius 2 is 2.07 bits per heavy atom. The highest BCUT2D eigenvalue weighted by Gasteiger charge is 2.19. The van der Waals surface area contributed by atoms with Gasteiger partial charge in [-0.05, 0) is 20.9 Å². The van der Waals surface area contributed by atoms with Gasteiger partial charge in [0.05, 0.1) is 6.42 Å². The lowest BCUT2D eigenvalue weighted by Gasteiger charge is -2.27. The minimum absolute atomic E-state index is 0.000556. The summed E-state index contributed by atoms with van der Waals surface area (Å²) in [5, 5.41) is 11.5. The van der Waals surface area contributed by atoms with Gasteiger partial charge in [0, 0.05) is 25.6 Å². The van der Waals surface area contributed by atoms with Crippen molar-refractivity contribution in [1.29, 1.82) is 0 Å². The minimum atomic E-state index is -0.873. The van der Waals surface area contributed by atoms with Crippen molar-refractivity contribution in [2.75, 3.05) is 20.1 Å². The molecule has 5 nitrogen and oxygen atoms in total. The van der Waals surface area contributed by atoms with Gasteiger partial charge in [-0.1, -0.05) is 0 Å². The van der Waals surface area contributed by atoms with Gasteiger partial charge in [-0.15, -0.1) is 0 Å². The summed E-state index contributed by atoms with van der Waals surface area (Å²) in [6.45, 7) is 4.79. The number of aliphatic carboxylic acids is 1. The van der Waals surface area contributed by atoms with E-state index in [0.29, 0.717) is 19.5 Å². The molecule has 0 aromatic heterocycles. The molecule has 1 atom stereocenters. The van der Waals surface area contributed by atoms with Crippen molar-refractivity contribution in [3.63, 3.8) is 0 Å². The predicted octanol–water partition coefficient (Wildman–Crippen LogP) is 0.308. The van der Waals surface area contributed by atoms with Gasteiger partial charge < -0.3 is 15.3 Å². The van der Waals surface area contributed by atoms with Crippen LogP contribution in [0.5, 0.6) is 0 Å². The normalized spacial score (nSPS) is 12.2. The molecule has 0 heterocycles. The van der Waals surface area contributed by atoms with E-state index in [9.17, 15) is 9.59 Å². The number of carboxylic acid groups (broad SMARTS) is 1. The molecule has 0 rings (SSSR count). The van der Waals surface area contributed by atoms with Crippen LogP contribution in [-0.2, 0) is 9.59 Å². The number of amides is 1. The zero-order valence-electron chi connectivity index (χ0n) is 9.62. The predicted molar refractivity (Wildman–Crippen MR) is 57.6 cm³/mol. The number of hydrogen-bond donors (Lipinski definition) is 2. The summed E-state index contributed by atoms with van der Waals surface area (Å²) >= 11 is 0. The molecule has 0 saturated carbocycles. The fraction of sp³-hybridized carbons (Fsp3) is 0.800. The maximum absolute atomic E-state index is 11.6. The molecule has 5 heteroatoms. The molecular formula is C10H20N2O3. The maximum atomic E-state index is 11.6. The van der Waals surface area contributed by atoms with Gasteiger partial charge in [-0.2, -0.15) is 0 Å². The first-order valence-corrected chi connectivity index (χ1v) is 5.18. The molecule has 0 spiro atoms. The van der Waals surface area contributed by atoms with Crippen LogP contribution in [-0.4, -0.2) is 48.1 Å². The third-order valence-corrected chi connectivity index (χ3v) is 2.25. The zero-order chi connectivity index (χ0) is 11.8. The molecule has 1 amide bonds. The Kier molecular flexibility index (Phi) is 6.70. The topological polar surface area (TPSA) is 69.6 Å². The molecule has 0 aromatic carbocycles. The summed E-state index contributed by atoms with van der Waals surface area (Å²) in [5.74, 6) is -0.872. The minimum Gasteiger partial charge on any atom is -0.481 e. The van der Waals surface area contributed by atoms with E-state index in [2.05, 4.69) is 5.32 Å². The van der Waals surface area contributed by atoms with Crippen LogP contribution in [0.25, 0.3) is 0 Å². The van der Waals surface area contributed by atoms with Crippen LogP contribution < -0.4 is 5.32 Å². The lowest BCUT2D eigenvalue weighted by Crippen LogP contribution is -2.40. The Balaban J connectivity index is 4.20. The second-order valence-corrected chi connectivity index (χ2v) is 3.48. The molecule has 0 fully saturated rings. The van der Waals surface area contributed by atoms with Gasteiger partial charge in [-0.25, -0.2) is 0 Å². The highest BCUT2D eigenvalue weighted by molar-refractivity contribution is 5.77. The van der Waals surface area contributed by atoms with Crippen molar-refractivity contribution in [3.8, 4) is 0 Å². The molecule has 1 unspecified atom stereocenters. The lowest BCUT2D eigenvalue weighted by atomic mass is 10.2. The van der Waals surface area contributed by atoms with Gasteiger partial charge in [-0.3, -0.25) is 9.59 Å². The highest BCUT2D eigenvalue weighted by Crippen LogP contribution is 2.05. The third kappa shape index (κ3) is 5.37. The van der Waals surface area contributed by atoms with Crippen molar-refractivity contribution in [3.05, 3.63) is 0 Å². The third-order valence-electron chi connectivity index (χ3n) is 2.25. The first kappa shape index (κ1) is 13.9. The average molecular weight is 216 g/mol. The van der Waals surface area contributed by atoms with E-state index in [1.54, 1.807) is 18.9 Å². The second-order valence-electron chi connectivity index (χ2n) is 3.48. The first-order valence-electron chi connectivity index (χ1n) is 5.18. The lowest BCUT2D eigenvalue weighted by molar-refractivity contribution is -0.140. The van der Waals surface area contributed by atoms with E-state index in [4.69, 9.17) is 5.11 Å². The summed E-state index contributed by atoms with van der Waals surface area (Å²) in [6.07, 6.45) is 0.410. The molecule has 0 aliphatic carbocycles. The van der Waals surface area contributed by atoms with Crippen molar-refractivity contribution in [2.24, 2.45) is 0 Å². The number of nitrogens with zero attached hydrogens (tertiary/aromatic N) is 1. The number of rotatable bonds is 7. The second kappa shape index (κ2) is 7.23. The van der Waals surface area contributed by atoms with Gasteiger partial charge in [0.1, 0.15) is 0 Å². The molecule has 0 bridgehead atoms. The Hall–Kier alpha value is -1.10. The van der Waals surface area contributed by atoms with Gasteiger partial charge in [0.15, 0.2) is 0 Å². The summed E-state index contributed by atoms with van der Waals surface area (Å²) in [7, 11) is 1.78. The Morgan fingerprint density at radius 1 is 1.47 bits per heavy atom. The standard InChI is InChI=1S/C10H20N2O3/c1-4-12(8(2)7-10(14)15)9(13)5-6-11-3/h8,11H,4-7H2,1-3H3,(H,14,15). The van der Waals surface area contributed by atoms with Crippen LogP contribution in [0.15, 0.2) is 0 Å². The van der Waals surface area contributed by atoms with E-state index in [-0.39, 0.29) is 18.4 Å². The number of carbonyl (C=O) groups excluding carboxylic acids is 1. The van der Waals surface area contributed by atoms with E-state index < -0.39 is 5.97 Å². The summed E-state index contributed by atoms with van der Waals surface area (Å²) < 4.78 is 0. The fourth-order valence-corrected chi connectivity index (χ4v) is 1.47.